The Bertz CT molecular complexity index is 1140. The molecule has 18 heteroatoms. The maximum atomic E-state index is 13.2. The number of hydrogen-bond donors (Lipinski definition) is 4. The predicted octanol–water partition coefficient (Wildman–Crippen LogP) is 8.35. The van der Waals surface area contributed by atoms with Crippen molar-refractivity contribution in [2.45, 2.75) is 62.5 Å². The second kappa shape index (κ2) is 12.3. The van der Waals surface area contributed by atoms with Crippen LogP contribution in [0.3, 0.4) is 0 Å². The molecule has 0 aromatic heterocycles. The quantitative estimate of drug-likeness (QED) is 0.196. The van der Waals surface area contributed by atoms with Gasteiger partial charge in [0.25, 0.3) is 0 Å². The lowest BCUT2D eigenvalue weighted by Gasteiger charge is -2.34. The largest absolute Gasteiger partial charge is 0.416 e. The van der Waals surface area contributed by atoms with E-state index in [1.165, 1.54) is 0 Å². The molecule has 4 nitrogen and oxygen atoms in total. The summed E-state index contributed by atoms with van der Waals surface area (Å²) in [5, 5.41) is 9.49. The van der Waals surface area contributed by atoms with Gasteiger partial charge in [0.2, 0.25) is 0 Å². The lowest BCUT2D eigenvalue weighted by molar-refractivity contribution is -0.144. The zero-order chi connectivity index (χ0) is 31.7. The van der Waals surface area contributed by atoms with E-state index in [1.807, 2.05) is 0 Å². The summed E-state index contributed by atoms with van der Waals surface area (Å²) in [6.07, 6.45) is -18.3. The zero-order valence-electron chi connectivity index (χ0n) is 20.8. The van der Waals surface area contributed by atoms with Crippen molar-refractivity contribution < 1.29 is 52.7 Å². The maximum absolute atomic E-state index is 13.2. The van der Waals surface area contributed by atoms with Gasteiger partial charge in [0.1, 0.15) is 0 Å². The van der Waals surface area contributed by atoms with Gasteiger partial charge in [0.05, 0.1) is 22.3 Å². The number of rotatable bonds is 4. The van der Waals surface area contributed by atoms with Crippen LogP contribution in [-0.4, -0.2) is 22.3 Å². The van der Waals surface area contributed by atoms with Crippen LogP contribution in [-0.2, 0) is 24.7 Å². The van der Waals surface area contributed by atoms with Crippen LogP contribution in [0.25, 0.3) is 0 Å². The van der Waals surface area contributed by atoms with Crippen molar-refractivity contribution in [2.75, 3.05) is 10.6 Å². The fourth-order valence-corrected chi connectivity index (χ4v) is 4.74. The number of anilines is 2. The molecule has 0 spiro atoms. The monoisotopic (exact) mass is 656 g/mol. The second-order valence-electron chi connectivity index (χ2n) is 9.28. The highest BCUT2D eigenvalue weighted by Gasteiger charge is 2.38. The molecule has 2 atom stereocenters. The Morgan fingerprint density at radius 3 is 1.00 bits per heavy atom. The van der Waals surface area contributed by atoms with Crippen molar-refractivity contribution in [1.82, 2.24) is 10.6 Å². The lowest BCUT2D eigenvalue weighted by atomic mass is 9.90. The Balaban J connectivity index is 1.73. The molecule has 1 aliphatic carbocycles. The number of hydrogen-bond acceptors (Lipinski definition) is 2. The maximum Gasteiger partial charge on any atom is 0.416 e. The van der Waals surface area contributed by atoms with Crippen LogP contribution in [0, 0.1) is 0 Å². The minimum absolute atomic E-state index is 0.0429. The van der Waals surface area contributed by atoms with Gasteiger partial charge in [0.15, 0.2) is 10.2 Å². The first-order valence-corrected chi connectivity index (χ1v) is 12.7. The number of thiocarbonyl (C=S) groups is 2. The van der Waals surface area contributed by atoms with E-state index in [0.717, 1.165) is 0 Å². The normalized spacial score (nSPS) is 18.3. The van der Waals surface area contributed by atoms with Crippen LogP contribution < -0.4 is 21.3 Å². The fourth-order valence-electron chi connectivity index (χ4n) is 4.20. The highest BCUT2D eigenvalue weighted by atomic mass is 32.1. The molecule has 0 unspecified atom stereocenters. The van der Waals surface area contributed by atoms with Crippen LogP contribution in [0.5, 0.6) is 0 Å². The third kappa shape index (κ3) is 9.24. The van der Waals surface area contributed by atoms with Gasteiger partial charge in [0, 0.05) is 23.5 Å². The smallest absolute Gasteiger partial charge is 0.358 e. The molecule has 0 bridgehead atoms. The van der Waals surface area contributed by atoms with E-state index < -0.39 is 70.4 Å². The van der Waals surface area contributed by atoms with Crippen molar-refractivity contribution in [1.29, 1.82) is 0 Å². The van der Waals surface area contributed by atoms with Crippen molar-refractivity contribution in [2.24, 2.45) is 0 Å². The highest BCUT2D eigenvalue weighted by molar-refractivity contribution is 7.80. The van der Waals surface area contributed by atoms with E-state index in [-0.39, 0.29) is 22.4 Å². The van der Waals surface area contributed by atoms with E-state index in [1.54, 1.807) is 0 Å². The Hall–Kier alpha value is -3.02. The average molecular weight is 657 g/mol. The molecular formula is C24H20F12N4S2. The molecule has 232 valence electrons. The van der Waals surface area contributed by atoms with Crippen molar-refractivity contribution in [3.8, 4) is 0 Å². The van der Waals surface area contributed by atoms with E-state index in [4.69, 9.17) is 24.4 Å². The first-order valence-electron chi connectivity index (χ1n) is 11.9. The molecule has 1 saturated carbocycles. The molecule has 0 heterocycles. The molecule has 42 heavy (non-hydrogen) atoms. The Morgan fingerprint density at radius 1 is 0.500 bits per heavy atom. The van der Waals surface area contributed by atoms with Crippen molar-refractivity contribution in [3.05, 3.63) is 58.7 Å². The molecule has 0 radical (unpaired) electrons. The standard InChI is InChI=1S/C24H20F12N4S2/c25-21(26,27)11-5-12(22(28,29)30)8-15(7-11)37-19(41)39-17-3-1-2-4-18(17)40-20(42)38-16-9-13(23(31,32)33)6-14(10-16)24(34,35)36/h5-10,17-18H,1-4H2,(H2,37,39,41)(H2,38,40,42)/t17-,18-/m1/s1. The lowest BCUT2D eigenvalue weighted by Crippen LogP contribution is -2.54. The minimum Gasteiger partial charge on any atom is -0.358 e. The average Bonchev–Trinajstić information content (AvgIpc) is 2.82. The summed E-state index contributed by atoms with van der Waals surface area (Å²) in [4.78, 5) is 0. The summed E-state index contributed by atoms with van der Waals surface area (Å²) in [7, 11) is 0. The molecule has 4 N–H and O–H groups in total. The molecule has 0 aliphatic heterocycles. The second-order valence-corrected chi connectivity index (χ2v) is 10.1. The number of nitrogens with one attached hydrogen (secondary N) is 4. The SMILES string of the molecule is FC(F)(F)c1cc(NC(=S)N[C@@H]2CCCC[C@H]2NC(=S)Nc2cc(C(F)(F)F)cc(C(F)(F)F)c2)cc(C(F)(F)F)c1. The van der Waals surface area contributed by atoms with Gasteiger partial charge >= 0.3 is 24.7 Å². The van der Waals surface area contributed by atoms with Crippen LogP contribution in [0.1, 0.15) is 47.9 Å². The third-order valence-electron chi connectivity index (χ3n) is 6.09. The van der Waals surface area contributed by atoms with Crippen molar-refractivity contribution in [3.63, 3.8) is 0 Å². The van der Waals surface area contributed by atoms with Gasteiger partial charge in [-0.25, -0.2) is 0 Å². The minimum atomic E-state index is -5.08. The molecule has 1 fully saturated rings. The number of benzene rings is 2. The van der Waals surface area contributed by atoms with Gasteiger partial charge in [-0.15, -0.1) is 0 Å². The van der Waals surface area contributed by atoms with E-state index in [2.05, 4.69) is 21.3 Å². The van der Waals surface area contributed by atoms with Crippen molar-refractivity contribution >= 4 is 46.0 Å². The molecule has 0 amide bonds. The number of halogens is 12. The molecular weight excluding hydrogens is 636 g/mol. The first kappa shape index (κ1) is 33.5. The summed E-state index contributed by atoms with van der Waals surface area (Å²) in [5.41, 5.74) is -7.40. The Morgan fingerprint density at radius 2 is 0.762 bits per heavy atom. The van der Waals surface area contributed by atoms with Crippen LogP contribution >= 0.6 is 24.4 Å². The van der Waals surface area contributed by atoms with Gasteiger partial charge in [-0.2, -0.15) is 52.7 Å². The molecule has 2 aromatic rings. The van der Waals surface area contributed by atoms with Crippen LogP contribution in [0.4, 0.5) is 64.1 Å². The predicted molar refractivity (Wildman–Crippen MR) is 138 cm³/mol. The van der Waals surface area contributed by atoms with E-state index in [9.17, 15) is 52.7 Å². The summed E-state index contributed by atoms with van der Waals surface area (Å²) in [6, 6.07) is 0.480. The third-order valence-corrected chi connectivity index (χ3v) is 6.53. The summed E-state index contributed by atoms with van der Waals surface area (Å²) < 4.78 is 158. The van der Waals surface area contributed by atoms with E-state index >= 15 is 0 Å². The Labute approximate surface area is 241 Å². The topological polar surface area (TPSA) is 48.1 Å². The molecule has 2 aromatic carbocycles. The van der Waals surface area contributed by atoms with Gasteiger partial charge in [-0.05, 0) is 73.7 Å². The molecule has 3 rings (SSSR count). The summed E-state index contributed by atoms with van der Waals surface area (Å²) >= 11 is 10.2. The van der Waals surface area contributed by atoms with E-state index in [0.29, 0.717) is 49.9 Å². The fraction of sp³-hybridized carbons (Fsp3) is 0.417. The van der Waals surface area contributed by atoms with Crippen LogP contribution in [0.15, 0.2) is 36.4 Å². The summed E-state index contributed by atoms with van der Waals surface area (Å²) in [6.45, 7) is 0. The first-order chi connectivity index (χ1) is 19.1. The van der Waals surface area contributed by atoms with Gasteiger partial charge < -0.3 is 21.3 Å². The zero-order valence-corrected chi connectivity index (χ0v) is 22.4. The Kier molecular flexibility index (Phi) is 9.81. The molecule has 0 saturated heterocycles. The van der Waals surface area contributed by atoms with Gasteiger partial charge in [-0.1, -0.05) is 12.8 Å². The number of alkyl halides is 12. The highest BCUT2D eigenvalue weighted by Crippen LogP contribution is 2.39. The molecule has 1 aliphatic rings. The van der Waals surface area contributed by atoms with Crippen LogP contribution in [0.2, 0.25) is 0 Å². The summed E-state index contributed by atoms with van der Waals surface area (Å²) in [5.74, 6) is 0. The van der Waals surface area contributed by atoms with Gasteiger partial charge in [-0.3, -0.25) is 0 Å².